The molecular weight excluding hydrogens is 467 g/mol. The normalized spacial score (nSPS) is 15.3. The summed E-state index contributed by atoms with van der Waals surface area (Å²) in [6.07, 6.45) is -3.08. The fourth-order valence-corrected chi connectivity index (χ4v) is 4.09. The van der Waals surface area contributed by atoms with E-state index in [2.05, 4.69) is 4.74 Å². The maximum absolute atomic E-state index is 13.1. The van der Waals surface area contributed by atoms with Crippen LogP contribution in [0.1, 0.15) is 11.1 Å². The van der Waals surface area contributed by atoms with Gasteiger partial charge in [0.1, 0.15) is 0 Å². The van der Waals surface area contributed by atoms with Crippen LogP contribution in [-0.2, 0) is 20.5 Å². The van der Waals surface area contributed by atoms with Crippen molar-refractivity contribution in [2.24, 2.45) is 0 Å². The molecule has 11 heteroatoms. The minimum Gasteiger partial charge on any atom is -0.493 e. The Kier molecular flexibility index (Phi) is 7.09. The van der Waals surface area contributed by atoms with Crippen LogP contribution < -0.4 is 14.4 Å². The number of benzene rings is 2. The van der Waals surface area contributed by atoms with Gasteiger partial charge in [0.15, 0.2) is 22.4 Å². The number of anilines is 1. The van der Waals surface area contributed by atoms with Crippen LogP contribution in [0, 0.1) is 0 Å². The standard InChI is InChI=1S/C21H16F3NO5S2/c1-28-15-8-3-5-12(18(15)30-11-17(26)29-2)9-16-19(27)25(20(31)32-16)14-7-4-6-13(10-14)21(22,23)24/h3-10H,11H2,1-2H3/b16-9-. The van der Waals surface area contributed by atoms with Crippen molar-refractivity contribution in [2.75, 3.05) is 25.7 Å². The largest absolute Gasteiger partial charge is 0.493 e. The van der Waals surface area contributed by atoms with Gasteiger partial charge in [-0.15, -0.1) is 0 Å². The zero-order chi connectivity index (χ0) is 23.5. The number of rotatable bonds is 6. The van der Waals surface area contributed by atoms with Gasteiger partial charge in [0.2, 0.25) is 0 Å². The Hall–Kier alpha value is -3.05. The molecule has 1 saturated heterocycles. The third-order valence-corrected chi connectivity index (χ3v) is 5.61. The van der Waals surface area contributed by atoms with Gasteiger partial charge >= 0.3 is 12.1 Å². The van der Waals surface area contributed by atoms with E-state index in [1.807, 2.05) is 0 Å². The predicted molar refractivity (Wildman–Crippen MR) is 118 cm³/mol. The first-order valence-electron chi connectivity index (χ1n) is 8.97. The van der Waals surface area contributed by atoms with Gasteiger partial charge in [0.05, 0.1) is 30.4 Å². The highest BCUT2D eigenvalue weighted by Crippen LogP contribution is 2.40. The van der Waals surface area contributed by atoms with Gasteiger partial charge in [-0.2, -0.15) is 13.2 Å². The number of alkyl halides is 3. The average Bonchev–Trinajstić information content (AvgIpc) is 3.04. The van der Waals surface area contributed by atoms with Gasteiger partial charge in [0.25, 0.3) is 5.91 Å². The van der Waals surface area contributed by atoms with E-state index in [1.54, 1.807) is 18.2 Å². The highest BCUT2D eigenvalue weighted by atomic mass is 32.2. The number of thioether (sulfide) groups is 1. The fraction of sp³-hybridized carbons (Fsp3) is 0.190. The van der Waals surface area contributed by atoms with Gasteiger partial charge in [0, 0.05) is 5.56 Å². The topological polar surface area (TPSA) is 65.1 Å². The lowest BCUT2D eigenvalue weighted by molar-refractivity contribution is -0.143. The summed E-state index contributed by atoms with van der Waals surface area (Å²) in [7, 11) is 2.63. The molecule has 0 aliphatic carbocycles. The van der Waals surface area contributed by atoms with Gasteiger partial charge in [-0.3, -0.25) is 9.69 Å². The Morgan fingerprint density at radius 2 is 1.91 bits per heavy atom. The van der Waals surface area contributed by atoms with Crippen molar-refractivity contribution in [1.82, 2.24) is 0 Å². The van der Waals surface area contributed by atoms with E-state index in [0.717, 1.165) is 28.8 Å². The minimum atomic E-state index is -4.56. The van der Waals surface area contributed by atoms with Crippen LogP contribution in [0.2, 0.25) is 0 Å². The van der Waals surface area contributed by atoms with Crippen LogP contribution >= 0.6 is 24.0 Å². The molecule has 0 unspecified atom stereocenters. The number of halogens is 3. The predicted octanol–water partition coefficient (Wildman–Crippen LogP) is 4.67. The van der Waals surface area contributed by atoms with Gasteiger partial charge < -0.3 is 14.2 Å². The summed E-state index contributed by atoms with van der Waals surface area (Å²) in [5, 5.41) is 0. The van der Waals surface area contributed by atoms with Gasteiger partial charge in [-0.25, -0.2) is 4.79 Å². The smallest absolute Gasteiger partial charge is 0.416 e. The third kappa shape index (κ3) is 5.05. The van der Waals surface area contributed by atoms with Crippen molar-refractivity contribution in [3.63, 3.8) is 0 Å². The molecule has 1 fully saturated rings. The Balaban J connectivity index is 1.95. The molecule has 168 valence electrons. The third-order valence-electron chi connectivity index (χ3n) is 4.30. The van der Waals surface area contributed by atoms with Crippen LogP contribution in [0.4, 0.5) is 18.9 Å². The van der Waals surface area contributed by atoms with E-state index in [-0.39, 0.29) is 27.3 Å². The molecule has 1 heterocycles. The molecule has 0 atom stereocenters. The SMILES string of the molecule is COC(=O)COc1c(/C=C2\SC(=S)N(c3cccc(C(F)(F)F)c3)C2=O)cccc1OC. The summed E-state index contributed by atoms with van der Waals surface area (Å²) in [5.74, 6) is -0.681. The van der Waals surface area contributed by atoms with E-state index < -0.39 is 23.6 Å². The maximum Gasteiger partial charge on any atom is 0.416 e. The first-order chi connectivity index (χ1) is 15.2. The monoisotopic (exact) mass is 483 g/mol. The number of para-hydroxylation sites is 1. The number of carbonyl (C=O) groups excluding carboxylic acids is 2. The molecule has 1 aliphatic rings. The molecular formula is C21H16F3NO5S2. The quantitative estimate of drug-likeness (QED) is 0.336. The van der Waals surface area contributed by atoms with E-state index >= 15 is 0 Å². The molecule has 6 nitrogen and oxygen atoms in total. The minimum absolute atomic E-state index is 0.0125. The van der Waals surface area contributed by atoms with E-state index in [1.165, 1.54) is 32.4 Å². The summed E-state index contributed by atoms with van der Waals surface area (Å²) in [6, 6.07) is 9.26. The second-order valence-electron chi connectivity index (χ2n) is 6.31. The van der Waals surface area contributed by atoms with E-state index in [9.17, 15) is 22.8 Å². The number of hydrogen-bond acceptors (Lipinski definition) is 7. The summed E-state index contributed by atoms with van der Waals surface area (Å²) in [5.41, 5.74) is -0.462. The number of nitrogens with zero attached hydrogens (tertiary/aromatic N) is 1. The molecule has 3 rings (SSSR count). The van der Waals surface area contributed by atoms with Crippen molar-refractivity contribution in [3.05, 3.63) is 58.5 Å². The first kappa shape index (κ1) is 23.6. The lowest BCUT2D eigenvalue weighted by Gasteiger charge is -2.16. The van der Waals surface area contributed by atoms with E-state index in [0.29, 0.717) is 11.3 Å². The molecule has 0 bridgehead atoms. The highest BCUT2D eigenvalue weighted by Gasteiger charge is 2.36. The molecule has 0 spiro atoms. The zero-order valence-corrected chi connectivity index (χ0v) is 18.4. The van der Waals surface area contributed by atoms with Crippen LogP contribution in [0.5, 0.6) is 11.5 Å². The number of thiocarbonyl (C=S) groups is 1. The van der Waals surface area contributed by atoms with Gasteiger partial charge in [-0.1, -0.05) is 42.2 Å². The Bertz CT molecular complexity index is 1100. The Labute approximate surface area is 190 Å². The molecule has 2 aromatic rings. The average molecular weight is 483 g/mol. The van der Waals surface area contributed by atoms with Crippen molar-refractivity contribution >= 4 is 51.9 Å². The lowest BCUT2D eigenvalue weighted by atomic mass is 10.1. The maximum atomic E-state index is 13.1. The second kappa shape index (κ2) is 9.61. The molecule has 0 N–H and O–H groups in total. The summed E-state index contributed by atoms with van der Waals surface area (Å²) >= 11 is 6.18. The number of esters is 1. The molecule has 1 aliphatic heterocycles. The van der Waals surface area contributed by atoms with Crippen molar-refractivity contribution in [2.45, 2.75) is 6.18 Å². The lowest BCUT2D eigenvalue weighted by Crippen LogP contribution is -2.27. The van der Waals surface area contributed by atoms with Gasteiger partial charge in [-0.05, 0) is 30.3 Å². The molecule has 32 heavy (non-hydrogen) atoms. The van der Waals surface area contributed by atoms with Crippen LogP contribution in [0.15, 0.2) is 47.4 Å². The zero-order valence-electron chi connectivity index (χ0n) is 16.8. The molecule has 1 amide bonds. The van der Waals surface area contributed by atoms with Crippen LogP contribution in [0.3, 0.4) is 0 Å². The Morgan fingerprint density at radius 3 is 2.56 bits per heavy atom. The molecule has 0 aromatic heterocycles. The molecule has 0 saturated carbocycles. The molecule has 0 radical (unpaired) electrons. The number of ether oxygens (including phenoxy) is 3. The van der Waals surface area contributed by atoms with E-state index in [4.69, 9.17) is 21.7 Å². The summed E-state index contributed by atoms with van der Waals surface area (Å²) < 4.78 is 54.6. The Morgan fingerprint density at radius 1 is 1.19 bits per heavy atom. The van der Waals surface area contributed by atoms with Crippen molar-refractivity contribution < 1.29 is 37.0 Å². The van der Waals surface area contributed by atoms with Crippen molar-refractivity contribution in [1.29, 1.82) is 0 Å². The number of hydrogen-bond donors (Lipinski definition) is 0. The summed E-state index contributed by atoms with van der Waals surface area (Å²) in [6.45, 7) is -0.386. The highest BCUT2D eigenvalue weighted by molar-refractivity contribution is 8.27. The molecule has 2 aromatic carbocycles. The summed E-state index contributed by atoms with van der Waals surface area (Å²) in [4.78, 5) is 25.7. The number of methoxy groups -OCH3 is 2. The number of amides is 1. The number of carbonyl (C=O) groups is 2. The first-order valence-corrected chi connectivity index (χ1v) is 10.2. The van der Waals surface area contributed by atoms with Crippen molar-refractivity contribution in [3.8, 4) is 11.5 Å². The van der Waals surface area contributed by atoms with Crippen LogP contribution in [-0.4, -0.2) is 37.0 Å². The van der Waals surface area contributed by atoms with Crippen LogP contribution in [0.25, 0.3) is 6.08 Å². The second-order valence-corrected chi connectivity index (χ2v) is 7.98. The fourth-order valence-electron chi connectivity index (χ4n) is 2.80.